The summed E-state index contributed by atoms with van der Waals surface area (Å²) in [6, 6.07) is 12.0. The quantitative estimate of drug-likeness (QED) is 0.523. The van der Waals surface area contributed by atoms with Gasteiger partial charge >= 0.3 is 6.18 Å². The van der Waals surface area contributed by atoms with Gasteiger partial charge in [0.1, 0.15) is 5.75 Å². The summed E-state index contributed by atoms with van der Waals surface area (Å²) in [5, 5.41) is 0. The first-order valence-corrected chi connectivity index (χ1v) is 11.7. The zero-order chi connectivity index (χ0) is 25.3. The van der Waals surface area contributed by atoms with Gasteiger partial charge in [-0.1, -0.05) is 23.8 Å². The van der Waals surface area contributed by atoms with Gasteiger partial charge in [-0.15, -0.1) is 0 Å². The maximum Gasteiger partial charge on any atom is 0.416 e. The topological polar surface area (TPSA) is 67.8 Å². The SMILES string of the molecule is Cc1ccc(Oc2nc(N3CCOCC3)nc3c2CN(C(=O)c2cccc(C(F)(F)F)c2)CC3)cc1. The molecule has 7 nitrogen and oxygen atoms in total. The van der Waals surface area contributed by atoms with E-state index in [1.807, 2.05) is 36.1 Å². The molecule has 3 heterocycles. The van der Waals surface area contributed by atoms with E-state index in [-0.39, 0.29) is 12.1 Å². The minimum atomic E-state index is -4.52. The van der Waals surface area contributed by atoms with Crippen molar-refractivity contribution < 1.29 is 27.4 Å². The van der Waals surface area contributed by atoms with Crippen molar-refractivity contribution in [3.63, 3.8) is 0 Å². The van der Waals surface area contributed by atoms with Crippen LogP contribution in [-0.4, -0.2) is 53.6 Å². The molecule has 1 saturated heterocycles. The smallest absolute Gasteiger partial charge is 0.416 e. The standard InChI is InChI=1S/C26H25F3N4O3/c1-17-5-7-20(8-6-17)36-23-21-16-33(24(34)18-3-2-4-19(15-18)26(27,28)29)10-9-22(21)30-25(31-23)32-11-13-35-14-12-32/h2-8,15H,9-14,16H2,1H3. The predicted molar refractivity (Wildman–Crippen MR) is 126 cm³/mol. The molecule has 0 atom stereocenters. The number of nitrogens with zero attached hydrogens (tertiary/aromatic N) is 4. The summed E-state index contributed by atoms with van der Waals surface area (Å²) in [5.41, 5.74) is 1.63. The second-order valence-corrected chi connectivity index (χ2v) is 8.82. The maximum absolute atomic E-state index is 13.2. The third-order valence-electron chi connectivity index (χ3n) is 6.26. The molecule has 3 aromatic rings. The zero-order valence-electron chi connectivity index (χ0n) is 19.7. The highest BCUT2D eigenvalue weighted by molar-refractivity contribution is 5.94. The Morgan fingerprint density at radius 2 is 1.78 bits per heavy atom. The second-order valence-electron chi connectivity index (χ2n) is 8.82. The van der Waals surface area contributed by atoms with Gasteiger partial charge in [-0.2, -0.15) is 18.2 Å². The van der Waals surface area contributed by atoms with Gasteiger partial charge in [-0.05, 0) is 37.3 Å². The number of aromatic nitrogens is 2. The number of carbonyl (C=O) groups excluding carboxylic acids is 1. The van der Waals surface area contributed by atoms with Gasteiger partial charge in [0.15, 0.2) is 0 Å². The lowest BCUT2D eigenvalue weighted by Gasteiger charge is -2.32. The van der Waals surface area contributed by atoms with Crippen LogP contribution in [0.2, 0.25) is 0 Å². The van der Waals surface area contributed by atoms with Gasteiger partial charge in [0.25, 0.3) is 5.91 Å². The van der Waals surface area contributed by atoms with E-state index in [4.69, 9.17) is 19.4 Å². The Kier molecular flexibility index (Phi) is 6.53. The molecule has 1 aromatic heterocycles. The largest absolute Gasteiger partial charge is 0.438 e. The fraction of sp³-hybridized carbons (Fsp3) is 0.346. The Morgan fingerprint density at radius 3 is 2.50 bits per heavy atom. The van der Waals surface area contributed by atoms with Crippen molar-refractivity contribution in [2.45, 2.75) is 26.1 Å². The molecule has 5 rings (SSSR count). The number of carbonyl (C=O) groups is 1. The van der Waals surface area contributed by atoms with Crippen LogP contribution in [0.25, 0.3) is 0 Å². The van der Waals surface area contributed by atoms with Crippen molar-refractivity contribution in [3.8, 4) is 11.6 Å². The first kappa shape index (κ1) is 24.1. The van der Waals surface area contributed by atoms with Crippen molar-refractivity contribution in [1.82, 2.24) is 14.9 Å². The number of hydrogen-bond donors (Lipinski definition) is 0. The third kappa shape index (κ3) is 5.13. The normalized spacial score (nSPS) is 16.0. The molecule has 0 aliphatic carbocycles. The molecule has 1 fully saturated rings. The van der Waals surface area contributed by atoms with E-state index in [0.717, 1.165) is 23.4 Å². The van der Waals surface area contributed by atoms with Crippen molar-refractivity contribution in [1.29, 1.82) is 0 Å². The zero-order valence-corrected chi connectivity index (χ0v) is 19.7. The van der Waals surface area contributed by atoms with Crippen LogP contribution < -0.4 is 9.64 Å². The molecule has 2 aliphatic heterocycles. The third-order valence-corrected chi connectivity index (χ3v) is 6.26. The molecule has 188 valence electrons. The number of morpholine rings is 1. The van der Waals surface area contributed by atoms with Crippen LogP contribution in [0, 0.1) is 6.92 Å². The number of benzene rings is 2. The lowest BCUT2D eigenvalue weighted by Crippen LogP contribution is -2.39. The Labute approximate surface area is 206 Å². The Bertz CT molecular complexity index is 1260. The molecule has 2 aromatic carbocycles. The fourth-order valence-electron chi connectivity index (χ4n) is 4.26. The molecule has 1 amide bonds. The monoisotopic (exact) mass is 498 g/mol. The Morgan fingerprint density at radius 1 is 1.03 bits per heavy atom. The molecular weight excluding hydrogens is 473 g/mol. The van der Waals surface area contributed by atoms with E-state index >= 15 is 0 Å². The summed E-state index contributed by atoms with van der Waals surface area (Å²) in [6.07, 6.45) is -4.09. The molecule has 36 heavy (non-hydrogen) atoms. The van der Waals surface area contributed by atoms with E-state index in [2.05, 4.69) is 0 Å². The number of aryl methyl sites for hydroxylation is 1. The van der Waals surface area contributed by atoms with Crippen molar-refractivity contribution >= 4 is 11.9 Å². The number of ether oxygens (including phenoxy) is 2. The average Bonchev–Trinajstić information content (AvgIpc) is 2.89. The molecule has 0 saturated carbocycles. The molecule has 2 aliphatic rings. The van der Waals surface area contributed by atoms with E-state index in [1.54, 1.807) is 0 Å². The minimum absolute atomic E-state index is 0.0138. The minimum Gasteiger partial charge on any atom is -0.438 e. The molecular formula is C26H25F3N4O3. The molecule has 0 bridgehead atoms. The van der Waals surface area contributed by atoms with Gasteiger partial charge in [0.2, 0.25) is 11.8 Å². The molecule has 0 unspecified atom stereocenters. The maximum atomic E-state index is 13.2. The van der Waals surface area contributed by atoms with Crippen LogP contribution in [-0.2, 0) is 23.9 Å². The van der Waals surface area contributed by atoms with E-state index in [9.17, 15) is 18.0 Å². The summed E-state index contributed by atoms with van der Waals surface area (Å²) < 4.78 is 51.1. The second kappa shape index (κ2) is 9.77. The number of halogens is 3. The molecule has 10 heteroatoms. The van der Waals surface area contributed by atoms with Gasteiger partial charge in [-0.3, -0.25) is 4.79 Å². The molecule has 0 N–H and O–H groups in total. The van der Waals surface area contributed by atoms with Crippen molar-refractivity contribution in [3.05, 3.63) is 76.5 Å². The highest BCUT2D eigenvalue weighted by Crippen LogP contribution is 2.33. The van der Waals surface area contributed by atoms with Crippen LogP contribution in [0.3, 0.4) is 0 Å². The molecule has 0 radical (unpaired) electrons. The molecule has 0 spiro atoms. The summed E-state index contributed by atoms with van der Waals surface area (Å²) in [4.78, 5) is 26.2. The van der Waals surface area contributed by atoms with Gasteiger partial charge in [0, 0.05) is 31.6 Å². The van der Waals surface area contributed by atoms with Crippen LogP contribution in [0.15, 0.2) is 48.5 Å². The van der Waals surface area contributed by atoms with Gasteiger partial charge in [0.05, 0.1) is 36.6 Å². The summed E-state index contributed by atoms with van der Waals surface area (Å²) in [5.74, 6) is 0.991. The summed E-state index contributed by atoms with van der Waals surface area (Å²) in [6.45, 7) is 4.90. The van der Waals surface area contributed by atoms with E-state index < -0.39 is 17.6 Å². The lowest BCUT2D eigenvalue weighted by molar-refractivity contribution is -0.137. The van der Waals surface area contributed by atoms with Crippen molar-refractivity contribution in [2.24, 2.45) is 0 Å². The van der Waals surface area contributed by atoms with Crippen LogP contribution >= 0.6 is 0 Å². The summed E-state index contributed by atoms with van der Waals surface area (Å²) >= 11 is 0. The average molecular weight is 499 g/mol. The van der Waals surface area contributed by atoms with Gasteiger partial charge in [-0.25, -0.2) is 4.98 Å². The fourth-order valence-corrected chi connectivity index (χ4v) is 4.26. The highest BCUT2D eigenvalue weighted by Gasteiger charge is 2.33. The number of anilines is 1. The van der Waals surface area contributed by atoms with Crippen molar-refractivity contribution in [2.75, 3.05) is 37.7 Å². The first-order chi connectivity index (χ1) is 17.3. The number of amides is 1. The number of rotatable bonds is 4. The highest BCUT2D eigenvalue weighted by atomic mass is 19.4. The lowest BCUT2D eigenvalue weighted by atomic mass is 10.0. The summed E-state index contributed by atoms with van der Waals surface area (Å²) in [7, 11) is 0. The number of hydrogen-bond acceptors (Lipinski definition) is 6. The Hall–Kier alpha value is -3.66. The van der Waals surface area contributed by atoms with Crippen LogP contribution in [0.4, 0.5) is 19.1 Å². The number of alkyl halides is 3. The predicted octanol–water partition coefficient (Wildman–Crippen LogP) is 4.63. The van der Waals surface area contributed by atoms with E-state index in [1.165, 1.54) is 17.0 Å². The van der Waals surface area contributed by atoms with Gasteiger partial charge < -0.3 is 19.3 Å². The number of fused-ring (bicyclic) bond motifs is 1. The van der Waals surface area contributed by atoms with Crippen LogP contribution in [0.1, 0.15) is 32.7 Å². The van der Waals surface area contributed by atoms with Crippen LogP contribution in [0.5, 0.6) is 11.6 Å². The Balaban J connectivity index is 1.46. The first-order valence-electron chi connectivity index (χ1n) is 11.7. The van der Waals surface area contributed by atoms with E-state index in [0.29, 0.717) is 62.4 Å².